The molecule has 0 radical (unpaired) electrons. The second kappa shape index (κ2) is 11.5. The van der Waals surface area contributed by atoms with E-state index in [4.69, 9.17) is 14.2 Å². The van der Waals surface area contributed by atoms with Crippen molar-refractivity contribution in [2.24, 2.45) is 0 Å². The van der Waals surface area contributed by atoms with E-state index >= 15 is 0 Å². The van der Waals surface area contributed by atoms with Crippen molar-refractivity contribution in [3.63, 3.8) is 0 Å². The van der Waals surface area contributed by atoms with E-state index in [1.165, 1.54) is 28.3 Å². The summed E-state index contributed by atoms with van der Waals surface area (Å²) in [5.74, 6) is 1.41. The van der Waals surface area contributed by atoms with Gasteiger partial charge in [0.15, 0.2) is 11.6 Å². The Labute approximate surface area is 229 Å². The highest BCUT2D eigenvalue weighted by Gasteiger charge is 2.35. The zero-order valence-electron chi connectivity index (χ0n) is 21.4. The third-order valence-electron chi connectivity index (χ3n) is 5.83. The molecule has 2 heterocycles. The van der Waals surface area contributed by atoms with Gasteiger partial charge in [0.1, 0.15) is 28.5 Å². The Morgan fingerprint density at radius 1 is 0.974 bits per heavy atom. The topological polar surface area (TPSA) is 130 Å². The number of sulfonamides is 1. The van der Waals surface area contributed by atoms with Gasteiger partial charge >= 0.3 is 0 Å². The molecule has 4 aromatic rings. The maximum atomic E-state index is 13.6. The number of rotatable bonds is 10. The van der Waals surface area contributed by atoms with Crippen molar-refractivity contribution in [3.05, 3.63) is 70.7 Å². The Morgan fingerprint density at radius 2 is 1.61 bits per heavy atom. The first kappa shape index (κ1) is 27.5. The molecule has 0 saturated carbocycles. The quantitative estimate of drug-likeness (QED) is 0.282. The van der Waals surface area contributed by atoms with Gasteiger partial charge in [-0.15, -0.1) is 10.2 Å². The molecule has 2 aromatic heterocycles. The number of anilines is 1. The zero-order chi connectivity index (χ0) is 27.4. The van der Waals surface area contributed by atoms with E-state index < -0.39 is 21.4 Å². The Hall–Kier alpha value is -3.55. The molecule has 0 aliphatic heterocycles. The molecule has 200 valence electrons. The third-order valence-corrected chi connectivity index (χ3v) is 8.02. The highest BCUT2D eigenvalue weighted by atomic mass is 79.9. The van der Waals surface area contributed by atoms with Gasteiger partial charge in [-0.05, 0) is 43.7 Å². The standard InChI is InChI=1S/C25H27BrN6O5S/c1-15-13-27-23(28-14-15)22(37-5)16(2)38(33,34)31-25-30-29-24(17-8-6-9-18(26)12-17)32(25)21-19(35-3)10-7-11-20(21)36-4/h6-14,16,22H,1-5H3,(H,30,31)/t16-,22-/m0/s1. The molecule has 0 aliphatic rings. The molecule has 2 aromatic carbocycles. The molecular weight excluding hydrogens is 576 g/mol. The fourth-order valence-electron chi connectivity index (χ4n) is 3.87. The summed E-state index contributed by atoms with van der Waals surface area (Å²) in [6.07, 6.45) is 2.28. The Balaban J connectivity index is 1.84. The largest absolute Gasteiger partial charge is 0.494 e. The van der Waals surface area contributed by atoms with Crippen LogP contribution >= 0.6 is 15.9 Å². The van der Waals surface area contributed by atoms with Crippen molar-refractivity contribution in [2.45, 2.75) is 25.2 Å². The van der Waals surface area contributed by atoms with Gasteiger partial charge in [-0.25, -0.2) is 18.4 Å². The van der Waals surface area contributed by atoms with Crippen LogP contribution in [0.3, 0.4) is 0 Å². The molecule has 0 spiro atoms. The van der Waals surface area contributed by atoms with Gasteiger partial charge in [0, 0.05) is 29.5 Å². The summed E-state index contributed by atoms with van der Waals surface area (Å²) in [7, 11) is 0.335. The number of aryl methyl sites for hydroxylation is 1. The van der Waals surface area contributed by atoms with Crippen molar-refractivity contribution in [3.8, 4) is 28.6 Å². The molecule has 2 atom stereocenters. The molecule has 0 amide bonds. The van der Waals surface area contributed by atoms with Gasteiger partial charge in [-0.2, -0.15) is 0 Å². The van der Waals surface area contributed by atoms with Gasteiger partial charge < -0.3 is 14.2 Å². The van der Waals surface area contributed by atoms with E-state index in [0.717, 1.165) is 10.0 Å². The van der Waals surface area contributed by atoms with Gasteiger partial charge in [-0.3, -0.25) is 9.29 Å². The van der Waals surface area contributed by atoms with E-state index in [9.17, 15) is 8.42 Å². The Morgan fingerprint density at radius 3 is 2.18 bits per heavy atom. The van der Waals surface area contributed by atoms with Gasteiger partial charge in [0.2, 0.25) is 16.0 Å². The molecule has 4 rings (SSSR count). The van der Waals surface area contributed by atoms with E-state index in [1.54, 1.807) is 35.2 Å². The maximum Gasteiger partial charge on any atom is 0.243 e. The van der Waals surface area contributed by atoms with Crippen molar-refractivity contribution in [1.29, 1.82) is 0 Å². The van der Waals surface area contributed by atoms with Crippen molar-refractivity contribution in [2.75, 3.05) is 26.1 Å². The summed E-state index contributed by atoms with van der Waals surface area (Å²) in [6.45, 7) is 3.36. The van der Waals surface area contributed by atoms with E-state index in [-0.39, 0.29) is 11.8 Å². The second-order valence-electron chi connectivity index (χ2n) is 8.33. The number of nitrogens with one attached hydrogen (secondary N) is 1. The van der Waals surface area contributed by atoms with Crippen LogP contribution in [0.1, 0.15) is 24.4 Å². The van der Waals surface area contributed by atoms with E-state index in [2.05, 4.69) is 40.8 Å². The number of benzene rings is 2. The minimum atomic E-state index is -4.10. The fraction of sp³-hybridized carbons (Fsp3) is 0.280. The minimum absolute atomic E-state index is 0.0608. The summed E-state index contributed by atoms with van der Waals surface area (Å²) in [6, 6.07) is 12.6. The third kappa shape index (κ3) is 5.49. The zero-order valence-corrected chi connectivity index (χ0v) is 23.8. The first-order valence-electron chi connectivity index (χ1n) is 11.5. The Bertz CT molecular complexity index is 1510. The van der Waals surface area contributed by atoms with Crippen LogP contribution in [-0.4, -0.2) is 59.7 Å². The molecule has 1 N–H and O–H groups in total. The minimum Gasteiger partial charge on any atom is -0.494 e. The van der Waals surface area contributed by atoms with Crippen molar-refractivity contribution in [1.82, 2.24) is 24.7 Å². The van der Waals surface area contributed by atoms with Gasteiger partial charge in [0.05, 0.1) is 14.2 Å². The predicted molar refractivity (Wildman–Crippen MR) is 146 cm³/mol. The average molecular weight is 603 g/mol. The fourth-order valence-corrected chi connectivity index (χ4v) is 5.40. The van der Waals surface area contributed by atoms with Crippen LogP contribution in [-0.2, 0) is 14.8 Å². The van der Waals surface area contributed by atoms with Crippen LogP contribution in [0.4, 0.5) is 5.95 Å². The molecule has 0 unspecified atom stereocenters. The number of aromatic nitrogens is 5. The summed E-state index contributed by atoms with van der Waals surface area (Å²) in [5.41, 5.74) is 1.95. The summed E-state index contributed by atoms with van der Waals surface area (Å²) < 4.78 is 48.9. The van der Waals surface area contributed by atoms with Crippen LogP contribution in [0.15, 0.2) is 59.3 Å². The first-order valence-corrected chi connectivity index (χ1v) is 13.8. The SMILES string of the molecule is COc1cccc(OC)c1-n1c(NS(=O)(=O)[C@@H](C)[C@H](OC)c2ncc(C)cn2)nnc1-c1cccc(Br)c1. The number of hydrogen-bond acceptors (Lipinski definition) is 9. The number of hydrogen-bond donors (Lipinski definition) is 1. The molecular formula is C25H27BrN6O5S. The molecule has 0 bridgehead atoms. The van der Waals surface area contributed by atoms with Crippen LogP contribution in [0.5, 0.6) is 11.5 Å². The number of ether oxygens (including phenoxy) is 3. The van der Waals surface area contributed by atoms with Crippen LogP contribution < -0.4 is 14.2 Å². The summed E-state index contributed by atoms with van der Waals surface area (Å²) in [4.78, 5) is 8.51. The lowest BCUT2D eigenvalue weighted by atomic mass is 10.2. The normalized spacial score (nSPS) is 13.1. The van der Waals surface area contributed by atoms with Crippen molar-refractivity contribution < 1.29 is 22.6 Å². The number of methoxy groups -OCH3 is 3. The number of halogens is 1. The van der Waals surface area contributed by atoms with E-state index in [1.807, 2.05) is 31.2 Å². The monoisotopic (exact) mass is 602 g/mol. The second-order valence-corrected chi connectivity index (χ2v) is 11.3. The van der Waals surface area contributed by atoms with E-state index in [0.29, 0.717) is 28.6 Å². The summed E-state index contributed by atoms with van der Waals surface area (Å²) >= 11 is 3.48. The highest BCUT2D eigenvalue weighted by molar-refractivity contribution is 9.10. The highest BCUT2D eigenvalue weighted by Crippen LogP contribution is 2.38. The lowest BCUT2D eigenvalue weighted by Crippen LogP contribution is -2.33. The predicted octanol–water partition coefficient (Wildman–Crippen LogP) is 4.33. The number of nitrogens with zero attached hydrogens (tertiary/aromatic N) is 5. The molecule has 0 saturated heterocycles. The first-order chi connectivity index (χ1) is 18.2. The van der Waals surface area contributed by atoms with Crippen molar-refractivity contribution >= 4 is 31.9 Å². The van der Waals surface area contributed by atoms with Crippen LogP contribution in [0.2, 0.25) is 0 Å². The van der Waals surface area contributed by atoms with Crippen LogP contribution in [0, 0.1) is 6.92 Å². The van der Waals surface area contributed by atoms with Crippen LogP contribution in [0.25, 0.3) is 17.1 Å². The maximum absolute atomic E-state index is 13.6. The van der Waals surface area contributed by atoms with Gasteiger partial charge in [-0.1, -0.05) is 34.1 Å². The molecule has 13 heteroatoms. The smallest absolute Gasteiger partial charge is 0.243 e. The lowest BCUT2D eigenvalue weighted by Gasteiger charge is -2.23. The average Bonchev–Trinajstić information content (AvgIpc) is 3.31. The lowest BCUT2D eigenvalue weighted by molar-refractivity contribution is 0.0949. The number of para-hydroxylation sites is 1. The van der Waals surface area contributed by atoms with Gasteiger partial charge in [0.25, 0.3) is 0 Å². The molecule has 11 nitrogen and oxygen atoms in total. The molecule has 0 fully saturated rings. The molecule has 0 aliphatic carbocycles. The Kier molecular flexibility index (Phi) is 8.29. The summed E-state index contributed by atoms with van der Waals surface area (Å²) in [5, 5.41) is 7.45. The molecule has 38 heavy (non-hydrogen) atoms.